The van der Waals surface area contributed by atoms with Crippen molar-refractivity contribution in [1.82, 2.24) is 9.21 Å². The van der Waals surface area contributed by atoms with Crippen LogP contribution in [0.1, 0.15) is 19.4 Å². The second-order valence-corrected chi connectivity index (χ2v) is 10.3. The van der Waals surface area contributed by atoms with Gasteiger partial charge in [0, 0.05) is 26.2 Å². The van der Waals surface area contributed by atoms with Gasteiger partial charge in [0.1, 0.15) is 11.5 Å². The fraction of sp³-hybridized carbons (Fsp3) is 0.409. The van der Waals surface area contributed by atoms with Crippen LogP contribution in [-0.4, -0.2) is 61.7 Å². The van der Waals surface area contributed by atoms with Crippen LogP contribution in [0.15, 0.2) is 53.4 Å². The Morgan fingerprint density at radius 3 is 1.72 bits per heavy atom. The average Bonchev–Trinajstić information content (AvgIpc) is 2.77. The third-order valence-corrected chi connectivity index (χ3v) is 7.20. The van der Waals surface area contributed by atoms with Gasteiger partial charge in [-0.3, -0.25) is 4.79 Å². The van der Waals surface area contributed by atoms with E-state index in [0.29, 0.717) is 0 Å². The van der Waals surface area contributed by atoms with Crippen molar-refractivity contribution in [3.63, 3.8) is 0 Å². The molecule has 1 amide bonds. The van der Waals surface area contributed by atoms with E-state index >= 15 is 0 Å². The second kappa shape index (κ2) is 9.81. The topological polar surface area (TPSA) is 76.2 Å². The van der Waals surface area contributed by atoms with E-state index in [4.69, 9.17) is 4.74 Å². The van der Waals surface area contributed by atoms with Crippen molar-refractivity contribution in [2.24, 2.45) is 0 Å². The number of alkyl halides is 6. The highest BCUT2D eigenvalue weighted by Gasteiger charge is 2.38. The maximum Gasteiger partial charge on any atom is 0.573 e. The molecule has 198 valence electrons. The van der Waals surface area contributed by atoms with Crippen LogP contribution in [0.25, 0.3) is 0 Å². The zero-order valence-electron chi connectivity index (χ0n) is 19.1. The van der Waals surface area contributed by atoms with Gasteiger partial charge < -0.3 is 14.4 Å². The summed E-state index contributed by atoms with van der Waals surface area (Å²) in [4.78, 5) is 14.1. The highest BCUT2D eigenvalue weighted by molar-refractivity contribution is 7.89. The number of benzene rings is 2. The highest BCUT2D eigenvalue weighted by atomic mass is 32.2. The number of halogens is 6. The summed E-state index contributed by atoms with van der Waals surface area (Å²) in [7, 11) is -4.04. The minimum atomic E-state index is -4.91. The SMILES string of the molecule is CC(C)(Oc1ccc(C(F)(F)F)cc1)C(=O)N1CCN(S(=O)(=O)c2ccc(OC(F)(F)F)cc2)CC1. The van der Waals surface area contributed by atoms with Crippen LogP contribution in [0, 0.1) is 0 Å². The Kier molecular flexibility index (Phi) is 7.51. The quantitative estimate of drug-likeness (QED) is 0.511. The van der Waals surface area contributed by atoms with E-state index in [1.54, 1.807) is 0 Å². The van der Waals surface area contributed by atoms with Gasteiger partial charge in [0.05, 0.1) is 10.5 Å². The number of sulfonamides is 1. The lowest BCUT2D eigenvalue weighted by Gasteiger charge is -2.38. The molecule has 36 heavy (non-hydrogen) atoms. The van der Waals surface area contributed by atoms with Crippen LogP contribution in [0.3, 0.4) is 0 Å². The normalized spacial score (nSPS) is 16.1. The Morgan fingerprint density at radius 1 is 0.778 bits per heavy atom. The Morgan fingerprint density at radius 2 is 1.25 bits per heavy atom. The molecule has 0 unspecified atom stereocenters. The van der Waals surface area contributed by atoms with Crippen LogP contribution >= 0.6 is 0 Å². The Labute approximate surface area is 203 Å². The molecule has 0 saturated carbocycles. The van der Waals surface area contributed by atoms with Gasteiger partial charge in [-0.05, 0) is 62.4 Å². The van der Waals surface area contributed by atoms with Crippen molar-refractivity contribution in [2.75, 3.05) is 26.2 Å². The molecule has 14 heteroatoms. The second-order valence-electron chi connectivity index (χ2n) is 8.35. The molecule has 0 aliphatic carbocycles. The minimum Gasteiger partial charge on any atom is -0.478 e. The standard InChI is InChI=1S/C22H22F6N2O5S/c1-20(2,34-16-5-3-15(4-6-16)21(23,24)25)19(31)29-11-13-30(14-12-29)36(32,33)18-9-7-17(8-10-18)35-22(26,27)28/h3-10H,11-14H2,1-2H3. The van der Waals surface area contributed by atoms with Crippen LogP contribution < -0.4 is 9.47 Å². The molecule has 0 spiro atoms. The molecule has 2 aromatic rings. The van der Waals surface area contributed by atoms with E-state index < -0.39 is 45.4 Å². The number of hydrogen-bond acceptors (Lipinski definition) is 5. The van der Waals surface area contributed by atoms with E-state index in [9.17, 15) is 39.6 Å². The number of rotatable bonds is 6. The van der Waals surface area contributed by atoms with Gasteiger partial charge in [-0.25, -0.2) is 8.42 Å². The van der Waals surface area contributed by atoms with Crippen molar-refractivity contribution < 1.29 is 49.0 Å². The first kappa shape index (κ1) is 27.6. The molecule has 7 nitrogen and oxygen atoms in total. The van der Waals surface area contributed by atoms with Gasteiger partial charge in [-0.15, -0.1) is 13.2 Å². The predicted octanol–water partition coefficient (Wildman–Crippen LogP) is 4.29. The third-order valence-electron chi connectivity index (χ3n) is 5.29. The number of carbonyl (C=O) groups is 1. The van der Waals surface area contributed by atoms with E-state index in [2.05, 4.69) is 4.74 Å². The largest absolute Gasteiger partial charge is 0.573 e. The number of piperazine rings is 1. The maximum atomic E-state index is 13.0. The lowest BCUT2D eigenvalue weighted by atomic mass is 10.1. The number of nitrogens with zero attached hydrogens (tertiary/aromatic N) is 2. The Bertz CT molecular complexity index is 1170. The molecule has 2 aromatic carbocycles. The molecule has 1 aliphatic rings. The fourth-order valence-electron chi connectivity index (χ4n) is 3.52. The van der Waals surface area contributed by atoms with Crippen molar-refractivity contribution >= 4 is 15.9 Å². The molecule has 0 radical (unpaired) electrons. The molecular formula is C22H22F6N2O5S. The van der Waals surface area contributed by atoms with Crippen molar-refractivity contribution in [1.29, 1.82) is 0 Å². The maximum absolute atomic E-state index is 13.0. The van der Waals surface area contributed by atoms with Crippen LogP contribution in [0.5, 0.6) is 11.5 Å². The number of ether oxygens (including phenoxy) is 2. The molecule has 1 heterocycles. The lowest BCUT2D eigenvalue weighted by Crippen LogP contribution is -2.56. The number of amides is 1. The summed E-state index contributed by atoms with van der Waals surface area (Å²) in [5, 5.41) is 0. The summed E-state index contributed by atoms with van der Waals surface area (Å²) in [6, 6.07) is 7.65. The number of hydrogen-bond donors (Lipinski definition) is 0. The van der Waals surface area contributed by atoms with E-state index in [-0.39, 0.29) is 36.8 Å². The first-order valence-corrected chi connectivity index (χ1v) is 11.9. The summed E-state index contributed by atoms with van der Waals surface area (Å²) in [6.45, 7) is 2.75. The summed E-state index contributed by atoms with van der Waals surface area (Å²) >= 11 is 0. The van der Waals surface area contributed by atoms with Gasteiger partial charge in [0.25, 0.3) is 5.91 Å². The van der Waals surface area contributed by atoms with E-state index in [0.717, 1.165) is 52.8 Å². The first-order chi connectivity index (χ1) is 16.5. The summed E-state index contributed by atoms with van der Waals surface area (Å²) in [5.41, 5.74) is -2.31. The highest BCUT2D eigenvalue weighted by Crippen LogP contribution is 2.31. The first-order valence-electron chi connectivity index (χ1n) is 10.5. The van der Waals surface area contributed by atoms with Gasteiger partial charge in [-0.1, -0.05) is 0 Å². The van der Waals surface area contributed by atoms with Crippen LogP contribution in [-0.2, 0) is 21.0 Å². The predicted molar refractivity (Wildman–Crippen MR) is 115 cm³/mol. The smallest absolute Gasteiger partial charge is 0.478 e. The molecular weight excluding hydrogens is 518 g/mol. The fourth-order valence-corrected chi connectivity index (χ4v) is 4.95. The van der Waals surface area contributed by atoms with Gasteiger partial charge in [0.15, 0.2) is 5.60 Å². The molecule has 1 aliphatic heterocycles. The average molecular weight is 540 g/mol. The van der Waals surface area contributed by atoms with E-state index in [1.165, 1.54) is 18.7 Å². The zero-order valence-corrected chi connectivity index (χ0v) is 19.9. The molecule has 0 aromatic heterocycles. The third kappa shape index (κ3) is 6.60. The molecule has 3 rings (SSSR count). The number of carbonyl (C=O) groups excluding carboxylic acids is 1. The monoisotopic (exact) mass is 540 g/mol. The lowest BCUT2D eigenvalue weighted by molar-refractivity contribution is -0.274. The molecule has 0 atom stereocenters. The van der Waals surface area contributed by atoms with Crippen molar-refractivity contribution in [3.05, 3.63) is 54.1 Å². The minimum absolute atomic E-state index is 0.00708. The van der Waals surface area contributed by atoms with Gasteiger partial charge >= 0.3 is 12.5 Å². The van der Waals surface area contributed by atoms with Gasteiger partial charge in [0.2, 0.25) is 10.0 Å². The van der Waals surface area contributed by atoms with Crippen molar-refractivity contribution in [3.8, 4) is 11.5 Å². The van der Waals surface area contributed by atoms with Crippen molar-refractivity contribution in [2.45, 2.75) is 36.9 Å². The summed E-state index contributed by atoms with van der Waals surface area (Å²) in [5.74, 6) is -0.999. The summed E-state index contributed by atoms with van der Waals surface area (Å²) < 4.78 is 111. The zero-order chi connectivity index (χ0) is 26.9. The molecule has 1 fully saturated rings. The molecule has 0 N–H and O–H groups in total. The summed E-state index contributed by atoms with van der Waals surface area (Å²) in [6.07, 6.45) is -9.42. The molecule has 1 saturated heterocycles. The van der Waals surface area contributed by atoms with Crippen LogP contribution in [0.4, 0.5) is 26.3 Å². The van der Waals surface area contributed by atoms with Crippen LogP contribution in [0.2, 0.25) is 0 Å². The molecule has 0 bridgehead atoms. The Balaban J connectivity index is 1.61. The Hall–Kier alpha value is -3.00. The van der Waals surface area contributed by atoms with E-state index in [1.807, 2.05) is 0 Å². The van der Waals surface area contributed by atoms with Gasteiger partial charge in [-0.2, -0.15) is 17.5 Å².